The van der Waals surface area contributed by atoms with E-state index in [1.165, 1.54) is 6.42 Å². The van der Waals surface area contributed by atoms with Gasteiger partial charge in [0.1, 0.15) is 0 Å². The smallest absolute Gasteiger partial charge is 0.319 e. The lowest BCUT2D eigenvalue weighted by molar-refractivity contribution is 0.0945. The van der Waals surface area contributed by atoms with E-state index in [-0.39, 0.29) is 18.0 Å². The maximum atomic E-state index is 12.1. The third-order valence-corrected chi connectivity index (χ3v) is 3.77. The van der Waals surface area contributed by atoms with Crippen molar-refractivity contribution in [2.75, 3.05) is 25.0 Å². The predicted octanol–water partition coefficient (Wildman–Crippen LogP) is 1.95. The Morgan fingerprint density at radius 2 is 2.00 bits per heavy atom. The molecule has 2 rings (SSSR count). The van der Waals surface area contributed by atoms with Gasteiger partial charge >= 0.3 is 6.03 Å². The van der Waals surface area contributed by atoms with Crippen LogP contribution in [0.1, 0.15) is 37.0 Å². The van der Waals surface area contributed by atoms with Crippen molar-refractivity contribution in [1.82, 2.24) is 16.0 Å². The van der Waals surface area contributed by atoms with Gasteiger partial charge in [-0.25, -0.2) is 4.79 Å². The molecular formula is C17H26N4O2. The van der Waals surface area contributed by atoms with Crippen LogP contribution in [0, 0.1) is 5.92 Å². The average molecular weight is 318 g/mol. The standard InChI is InChI=1S/C17H26N4O2/c1-12(2)20-17(23)21-15-7-5-14(6-8-15)16(22)19-11-13-4-3-9-18-10-13/h5-8,12-13,18H,3-4,9-11H2,1-2H3,(H,19,22)(H2,20,21,23). The fourth-order valence-electron chi connectivity index (χ4n) is 2.57. The first-order chi connectivity index (χ1) is 11.0. The van der Waals surface area contributed by atoms with E-state index in [0.717, 1.165) is 19.5 Å². The van der Waals surface area contributed by atoms with Crippen LogP contribution < -0.4 is 21.3 Å². The summed E-state index contributed by atoms with van der Waals surface area (Å²) in [7, 11) is 0. The number of anilines is 1. The number of amides is 3. The van der Waals surface area contributed by atoms with E-state index >= 15 is 0 Å². The molecule has 6 heteroatoms. The van der Waals surface area contributed by atoms with Crippen LogP contribution >= 0.6 is 0 Å². The number of hydrogen-bond donors (Lipinski definition) is 4. The highest BCUT2D eigenvalue weighted by atomic mass is 16.2. The largest absolute Gasteiger partial charge is 0.352 e. The Morgan fingerprint density at radius 3 is 2.61 bits per heavy atom. The lowest BCUT2D eigenvalue weighted by Gasteiger charge is -2.22. The van der Waals surface area contributed by atoms with Crippen LogP contribution in [0.5, 0.6) is 0 Å². The molecule has 1 fully saturated rings. The summed E-state index contributed by atoms with van der Waals surface area (Å²) in [6, 6.07) is 6.74. The van der Waals surface area contributed by atoms with Gasteiger partial charge in [0.25, 0.3) is 5.91 Å². The molecular weight excluding hydrogens is 292 g/mol. The molecule has 23 heavy (non-hydrogen) atoms. The highest BCUT2D eigenvalue weighted by Gasteiger charge is 2.14. The van der Waals surface area contributed by atoms with Gasteiger partial charge in [0.05, 0.1) is 0 Å². The number of carbonyl (C=O) groups is 2. The Bertz CT molecular complexity index is 522. The molecule has 1 aliphatic heterocycles. The summed E-state index contributed by atoms with van der Waals surface area (Å²) >= 11 is 0. The minimum Gasteiger partial charge on any atom is -0.352 e. The maximum absolute atomic E-state index is 12.1. The van der Waals surface area contributed by atoms with Crippen LogP contribution in [0.3, 0.4) is 0 Å². The number of benzene rings is 1. The molecule has 1 unspecified atom stereocenters. The molecule has 0 spiro atoms. The highest BCUT2D eigenvalue weighted by molar-refractivity contribution is 5.95. The molecule has 126 valence electrons. The zero-order chi connectivity index (χ0) is 16.7. The molecule has 1 heterocycles. The van der Waals surface area contributed by atoms with Crippen LogP contribution in [0.2, 0.25) is 0 Å². The first kappa shape index (κ1) is 17.3. The molecule has 1 aromatic rings. The van der Waals surface area contributed by atoms with Crippen molar-refractivity contribution in [1.29, 1.82) is 0 Å². The van der Waals surface area contributed by atoms with Crippen molar-refractivity contribution in [3.05, 3.63) is 29.8 Å². The SMILES string of the molecule is CC(C)NC(=O)Nc1ccc(C(=O)NCC2CCCNC2)cc1. The summed E-state index contributed by atoms with van der Waals surface area (Å²) in [6.07, 6.45) is 2.32. The van der Waals surface area contributed by atoms with Crippen LogP contribution in [0.15, 0.2) is 24.3 Å². The molecule has 6 nitrogen and oxygen atoms in total. The minimum absolute atomic E-state index is 0.0752. The summed E-state index contributed by atoms with van der Waals surface area (Å²) in [6.45, 7) is 6.53. The highest BCUT2D eigenvalue weighted by Crippen LogP contribution is 2.11. The summed E-state index contributed by atoms with van der Waals surface area (Å²) in [5, 5.41) is 11.8. The van der Waals surface area contributed by atoms with Crippen LogP contribution in [-0.4, -0.2) is 37.6 Å². The quantitative estimate of drug-likeness (QED) is 0.670. The van der Waals surface area contributed by atoms with Crippen molar-refractivity contribution < 1.29 is 9.59 Å². The lowest BCUT2D eigenvalue weighted by Crippen LogP contribution is -2.38. The van der Waals surface area contributed by atoms with E-state index in [2.05, 4.69) is 21.3 Å². The summed E-state index contributed by atoms with van der Waals surface area (Å²) in [4.78, 5) is 23.7. The molecule has 3 amide bonds. The fraction of sp³-hybridized carbons (Fsp3) is 0.529. The van der Waals surface area contributed by atoms with Gasteiger partial charge in [0.2, 0.25) is 0 Å². The Kier molecular flexibility index (Phi) is 6.40. The Labute approximate surface area is 137 Å². The van der Waals surface area contributed by atoms with Gasteiger partial charge in [-0.2, -0.15) is 0 Å². The first-order valence-electron chi connectivity index (χ1n) is 8.21. The third kappa shape index (κ3) is 5.90. The number of nitrogens with one attached hydrogen (secondary N) is 4. The molecule has 1 atom stereocenters. The lowest BCUT2D eigenvalue weighted by atomic mass is 9.99. The van der Waals surface area contributed by atoms with Crippen molar-refractivity contribution in [3.8, 4) is 0 Å². The van der Waals surface area contributed by atoms with E-state index in [1.54, 1.807) is 24.3 Å². The van der Waals surface area contributed by atoms with Gasteiger partial charge in [0.15, 0.2) is 0 Å². The van der Waals surface area contributed by atoms with Gasteiger partial charge < -0.3 is 21.3 Å². The summed E-state index contributed by atoms with van der Waals surface area (Å²) < 4.78 is 0. The second-order valence-corrected chi connectivity index (χ2v) is 6.25. The first-order valence-corrected chi connectivity index (χ1v) is 8.21. The molecule has 1 aromatic carbocycles. The minimum atomic E-state index is -0.248. The average Bonchev–Trinajstić information content (AvgIpc) is 2.53. The molecule has 0 saturated carbocycles. The van der Waals surface area contributed by atoms with Crippen LogP contribution in [-0.2, 0) is 0 Å². The third-order valence-electron chi connectivity index (χ3n) is 3.77. The number of urea groups is 1. The van der Waals surface area contributed by atoms with Crippen LogP contribution in [0.4, 0.5) is 10.5 Å². The normalized spacial score (nSPS) is 17.6. The maximum Gasteiger partial charge on any atom is 0.319 e. The zero-order valence-corrected chi connectivity index (χ0v) is 13.8. The van der Waals surface area contributed by atoms with Gasteiger partial charge in [-0.1, -0.05) is 0 Å². The number of piperidine rings is 1. The second-order valence-electron chi connectivity index (χ2n) is 6.25. The second kappa shape index (κ2) is 8.53. The number of carbonyl (C=O) groups excluding carboxylic acids is 2. The topological polar surface area (TPSA) is 82.3 Å². The molecule has 0 bridgehead atoms. The van der Waals surface area contributed by atoms with Gasteiger partial charge in [-0.3, -0.25) is 4.79 Å². The Balaban J connectivity index is 1.81. The van der Waals surface area contributed by atoms with Gasteiger partial charge in [0, 0.05) is 23.8 Å². The van der Waals surface area contributed by atoms with Gasteiger partial charge in [-0.05, 0) is 70.0 Å². The monoisotopic (exact) mass is 318 g/mol. The molecule has 4 N–H and O–H groups in total. The number of rotatable bonds is 5. The van der Waals surface area contributed by atoms with E-state index in [4.69, 9.17) is 0 Å². The zero-order valence-electron chi connectivity index (χ0n) is 13.8. The van der Waals surface area contributed by atoms with E-state index in [1.807, 2.05) is 13.8 Å². The molecule has 1 aliphatic rings. The van der Waals surface area contributed by atoms with E-state index < -0.39 is 0 Å². The van der Waals surface area contributed by atoms with Crippen molar-refractivity contribution in [2.45, 2.75) is 32.7 Å². The summed E-state index contributed by atoms with van der Waals surface area (Å²) in [5.41, 5.74) is 1.26. The Hall–Kier alpha value is -2.08. The van der Waals surface area contributed by atoms with Crippen molar-refractivity contribution >= 4 is 17.6 Å². The Morgan fingerprint density at radius 1 is 1.26 bits per heavy atom. The van der Waals surface area contributed by atoms with Crippen molar-refractivity contribution in [2.24, 2.45) is 5.92 Å². The molecule has 0 aromatic heterocycles. The summed E-state index contributed by atoms with van der Waals surface area (Å²) in [5.74, 6) is 0.433. The number of hydrogen-bond acceptors (Lipinski definition) is 3. The van der Waals surface area contributed by atoms with E-state index in [0.29, 0.717) is 23.7 Å². The predicted molar refractivity (Wildman–Crippen MR) is 91.7 cm³/mol. The van der Waals surface area contributed by atoms with E-state index in [9.17, 15) is 9.59 Å². The van der Waals surface area contributed by atoms with Gasteiger partial charge in [-0.15, -0.1) is 0 Å². The van der Waals surface area contributed by atoms with Crippen molar-refractivity contribution in [3.63, 3.8) is 0 Å². The molecule has 1 saturated heterocycles. The molecule has 0 aliphatic carbocycles. The fourth-order valence-corrected chi connectivity index (χ4v) is 2.57. The van der Waals surface area contributed by atoms with Crippen LogP contribution in [0.25, 0.3) is 0 Å². The molecule has 0 radical (unpaired) electrons.